The molecule has 0 atom stereocenters. The van der Waals surface area contributed by atoms with E-state index in [4.69, 9.17) is 0 Å². The van der Waals surface area contributed by atoms with Crippen molar-refractivity contribution >= 4 is 11.0 Å². The predicted octanol–water partition coefficient (Wildman–Crippen LogP) is 3.12. The number of rotatable bonds is 2. The topological polar surface area (TPSA) is 30.7 Å². The number of halogens is 1. The van der Waals surface area contributed by atoms with E-state index in [-0.39, 0.29) is 5.82 Å². The highest BCUT2D eigenvalue weighted by molar-refractivity contribution is 5.75. The van der Waals surface area contributed by atoms with Gasteiger partial charge in [-0.2, -0.15) is 0 Å². The van der Waals surface area contributed by atoms with Gasteiger partial charge in [0.15, 0.2) is 0 Å². The molecule has 0 saturated heterocycles. The molecule has 3 rings (SSSR count). The second-order valence-corrected chi connectivity index (χ2v) is 4.13. The van der Waals surface area contributed by atoms with Gasteiger partial charge in [0.2, 0.25) is 0 Å². The molecule has 4 heteroatoms. The Labute approximate surface area is 104 Å². The summed E-state index contributed by atoms with van der Waals surface area (Å²) in [6, 6.07) is 12.6. The Kier molecular flexibility index (Phi) is 2.55. The first kappa shape index (κ1) is 10.9. The fraction of sp³-hybridized carbons (Fsp3) is 0.143. The highest BCUT2D eigenvalue weighted by atomic mass is 19.1. The summed E-state index contributed by atoms with van der Waals surface area (Å²) in [5.41, 5.74) is 3.09. The van der Waals surface area contributed by atoms with Crippen LogP contribution in [0.1, 0.15) is 12.5 Å². The molecule has 3 aromatic rings. The first-order chi connectivity index (χ1) is 8.79. The number of aryl methyl sites for hydroxylation is 1. The zero-order valence-corrected chi connectivity index (χ0v) is 9.97. The summed E-state index contributed by atoms with van der Waals surface area (Å²) in [6.45, 7) is 2.04. The summed E-state index contributed by atoms with van der Waals surface area (Å²) in [4.78, 5) is 0. The van der Waals surface area contributed by atoms with Crippen LogP contribution in [0.2, 0.25) is 0 Å². The van der Waals surface area contributed by atoms with E-state index in [1.807, 2.05) is 37.3 Å². The van der Waals surface area contributed by atoms with Gasteiger partial charge in [0.05, 0.1) is 5.52 Å². The van der Waals surface area contributed by atoms with Crippen molar-refractivity contribution in [2.24, 2.45) is 0 Å². The Balaban J connectivity index is 2.25. The van der Waals surface area contributed by atoms with Gasteiger partial charge in [-0.25, -0.2) is 9.07 Å². The van der Waals surface area contributed by atoms with Gasteiger partial charge in [-0.05, 0) is 36.2 Å². The van der Waals surface area contributed by atoms with Crippen LogP contribution in [0.5, 0.6) is 0 Å². The number of hydrogen-bond donors (Lipinski definition) is 0. The minimum absolute atomic E-state index is 0.289. The van der Waals surface area contributed by atoms with E-state index < -0.39 is 0 Å². The molecule has 0 aliphatic rings. The zero-order chi connectivity index (χ0) is 12.5. The standard InChI is InChI=1S/C14H12FN3/c1-2-10-7-8-11(15)14(9-10)18-13-6-4-3-5-12(13)16-17-18/h3-9H,2H2,1H3. The van der Waals surface area contributed by atoms with Gasteiger partial charge in [0.25, 0.3) is 0 Å². The van der Waals surface area contributed by atoms with Crippen LogP contribution in [-0.4, -0.2) is 15.0 Å². The largest absolute Gasteiger partial charge is 0.210 e. The van der Waals surface area contributed by atoms with Crippen LogP contribution in [0.15, 0.2) is 42.5 Å². The molecule has 0 unspecified atom stereocenters. The highest BCUT2D eigenvalue weighted by Crippen LogP contribution is 2.20. The molecular formula is C14H12FN3. The fourth-order valence-corrected chi connectivity index (χ4v) is 1.99. The minimum atomic E-state index is -0.289. The molecule has 1 heterocycles. The number of hydrogen-bond acceptors (Lipinski definition) is 2. The van der Waals surface area contributed by atoms with Gasteiger partial charge in [-0.15, -0.1) is 5.10 Å². The van der Waals surface area contributed by atoms with E-state index in [2.05, 4.69) is 10.3 Å². The van der Waals surface area contributed by atoms with Crippen LogP contribution in [0.25, 0.3) is 16.7 Å². The third-order valence-corrected chi connectivity index (χ3v) is 3.00. The quantitative estimate of drug-likeness (QED) is 0.690. The summed E-state index contributed by atoms with van der Waals surface area (Å²) in [6.07, 6.45) is 0.861. The molecule has 0 N–H and O–H groups in total. The molecule has 0 radical (unpaired) electrons. The smallest absolute Gasteiger partial charge is 0.148 e. The number of aromatic nitrogens is 3. The van der Waals surface area contributed by atoms with Gasteiger partial charge in [-0.1, -0.05) is 30.3 Å². The van der Waals surface area contributed by atoms with Crippen LogP contribution in [0.3, 0.4) is 0 Å². The summed E-state index contributed by atoms with van der Waals surface area (Å²) in [7, 11) is 0. The molecule has 0 aliphatic carbocycles. The van der Waals surface area contributed by atoms with Crippen molar-refractivity contribution in [2.45, 2.75) is 13.3 Å². The van der Waals surface area contributed by atoms with Crippen molar-refractivity contribution in [3.05, 3.63) is 53.8 Å². The van der Waals surface area contributed by atoms with Crippen molar-refractivity contribution in [1.29, 1.82) is 0 Å². The SMILES string of the molecule is CCc1ccc(F)c(-n2nnc3ccccc32)c1. The molecule has 90 valence electrons. The Morgan fingerprint density at radius 1 is 1.17 bits per heavy atom. The Morgan fingerprint density at radius 2 is 2.00 bits per heavy atom. The Hall–Kier alpha value is -2.23. The minimum Gasteiger partial charge on any atom is -0.210 e. The molecule has 2 aromatic carbocycles. The Morgan fingerprint density at radius 3 is 2.83 bits per heavy atom. The first-order valence-corrected chi connectivity index (χ1v) is 5.89. The van der Waals surface area contributed by atoms with E-state index in [0.717, 1.165) is 23.0 Å². The van der Waals surface area contributed by atoms with Gasteiger partial charge < -0.3 is 0 Å². The second-order valence-electron chi connectivity index (χ2n) is 4.13. The number of benzene rings is 2. The predicted molar refractivity (Wildman–Crippen MR) is 68.2 cm³/mol. The summed E-state index contributed by atoms with van der Waals surface area (Å²) in [5, 5.41) is 8.07. The van der Waals surface area contributed by atoms with Crippen molar-refractivity contribution < 1.29 is 4.39 Å². The molecule has 0 fully saturated rings. The lowest BCUT2D eigenvalue weighted by Gasteiger charge is -2.06. The van der Waals surface area contributed by atoms with E-state index in [1.165, 1.54) is 6.07 Å². The van der Waals surface area contributed by atoms with E-state index in [1.54, 1.807) is 10.7 Å². The lowest BCUT2D eigenvalue weighted by Crippen LogP contribution is -2.01. The second kappa shape index (κ2) is 4.22. The fourth-order valence-electron chi connectivity index (χ4n) is 1.99. The molecule has 0 bridgehead atoms. The van der Waals surface area contributed by atoms with Gasteiger partial charge in [-0.3, -0.25) is 0 Å². The maximum Gasteiger partial charge on any atom is 0.148 e. The number of fused-ring (bicyclic) bond motifs is 1. The van der Waals surface area contributed by atoms with Gasteiger partial charge in [0, 0.05) is 0 Å². The number of para-hydroxylation sites is 1. The maximum atomic E-state index is 13.9. The van der Waals surface area contributed by atoms with E-state index in [9.17, 15) is 4.39 Å². The van der Waals surface area contributed by atoms with Crippen LogP contribution >= 0.6 is 0 Å². The molecule has 0 amide bonds. The zero-order valence-electron chi connectivity index (χ0n) is 9.97. The van der Waals surface area contributed by atoms with E-state index >= 15 is 0 Å². The monoisotopic (exact) mass is 241 g/mol. The summed E-state index contributed by atoms with van der Waals surface area (Å²) in [5.74, 6) is -0.289. The van der Waals surface area contributed by atoms with E-state index in [0.29, 0.717) is 5.69 Å². The molecular weight excluding hydrogens is 229 g/mol. The average molecular weight is 241 g/mol. The van der Waals surface area contributed by atoms with Crippen LogP contribution in [0.4, 0.5) is 4.39 Å². The van der Waals surface area contributed by atoms with Crippen LogP contribution in [0, 0.1) is 5.82 Å². The summed E-state index contributed by atoms with van der Waals surface area (Å²) >= 11 is 0. The van der Waals surface area contributed by atoms with Crippen molar-refractivity contribution in [3.63, 3.8) is 0 Å². The third-order valence-electron chi connectivity index (χ3n) is 3.00. The third kappa shape index (κ3) is 1.66. The average Bonchev–Trinajstić information content (AvgIpc) is 2.83. The van der Waals surface area contributed by atoms with Crippen LogP contribution in [-0.2, 0) is 6.42 Å². The highest BCUT2D eigenvalue weighted by Gasteiger charge is 2.10. The van der Waals surface area contributed by atoms with Gasteiger partial charge in [0.1, 0.15) is 17.0 Å². The Bertz CT molecular complexity index is 703. The van der Waals surface area contributed by atoms with Crippen molar-refractivity contribution in [2.75, 3.05) is 0 Å². The normalized spacial score (nSPS) is 11.0. The maximum absolute atomic E-state index is 13.9. The molecule has 0 saturated carbocycles. The molecule has 0 aliphatic heterocycles. The molecule has 18 heavy (non-hydrogen) atoms. The molecule has 0 spiro atoms. The van der Waals surface area contributed by atoms with Crippen LogP contribution < -0.4 is 0 Å². The van der Waals surface area contributed by atoms with Gasteiger partial charge >= 0.3 is 0 Å². The van der Waals surface area contributed by atoms with Crippen molar-refractivity contribution in [3.8, 4) is 5.69 Å². The first-order valence-electron chi connectivity index (χ1n) is 5.89. The number of nitrogens with zero attached hydrogens (tertiary/aromatic N) is 3. The summed E-state index contributed by atoms with van der Waals surface area (Å²) < 4.78 is 15.5. The van der Waals surface area contributed by atoms with Crippen molar-refractivity contribution in [1.82, 2.24) is 15.0 Å². The molecule has 3 nitrogen and oxygen atoms in total. The lowest BCUT2D eigenvalue weighted by atomic mass is 10.1. The molecule has 1 aromatic heterocycles. The lowest BCUT2D eigenvalue weighted by molar-refractivity contribution is 0.609.